The summed E-state index contributed by atoms with van der Waals surface area (Å²) in [4.78, 5) is 18.8. The minimum Gasteiger partial charge on any atom is -0.298 e. The highest BCUT2D eigenvalue weighted by Gasteiger charge is 2.00. The van der Waals surface area contributed by atoms with Crippen molar-refractivity contribution in [1.82, 2.24) is 9.97 Å². The third-order valence-electron chi connectivity index (χ3n) is 2.10. The first-order valence-corrected chi connectivity index (χ1v) is 4.63. The van der Waals surface area contributed by atoms with E-state index in [1.54, 1.807) is 18.5 Å². The van der Waals surface area contributed by atoms with Crippen LogP contribution in [0.2, 0.25) is 0 Å². The number of pyridine rings is 2. The van der Waals surface area contributed by atoms with E-state index < -0.39 is 0 Å². The summed E-state index contributed by atoms with van der Waals surface area (Å²) < 4.78 is 0. The summed E-state index contributed by atoms with van der Waals surface area (Å²) in [6.45, 7) is 1.98. The maximum absolute atomic E-state index is 10.6. The number of aryl methyl sites for hydroxylation is 1. The van der Waals surface area contributed by atoms with Gasteiger partial charge in [-0.2, -0.15) is 0 Å². The molecule has 0 aliphatic heterocycles. The van der Waals surface area contributed by atoms with Crippen LogP contribution in [0.1, 0.15) is 15.9 Å². The molecule has 0 aliphatic rings. The Morgan fingerprint density at radius 3 is 2.73 bits per heavy atom. The number of aromatic nitrogens is 2. The van der Waals surface area contributed by atoms with Gasteiger partial charge in [-0.25, -0.2) is 0 Å². The fourth-order valence-corrected chi connectivity index (χ4v) is 1.30. The third-order valence-corrected chi connectivity index (χ3v) is 2.10. The molecule has 0 amide bonds. The number of carbonyl (C=O) groups excluding carboxylic acids is 1. The second-order valence-corrected chi connectivity index (χ2v) is 3.35. The van der Waals surface area contributed by atoms with E-state index in [0.717, 1.165) is 23.1 Å². The number of carbonyl (C=O) groups is 1. The number of hydrogen-bond donors (Lipinski definition) is 0. The molecule has 0 unspecified atom stereocenters. The normalized spacial score (nSPS) is 9.93. The van der Waals surface area contributed by atoms with Crippen molar-refractivity contribution >= 4 is 6.29 Å². The van der Waals surface area contributed by atoms with Crippen LogP contribution in [0.3, 0.4) is 0 Å². The highest BCUT2D eigenvalue weighted by molar-refractivity contribution is 5.77. The Labute approximate surface area is 87.8 Å². The van der Waals surface area contributed by atoms with E-state index in [1.807, 2.05) is 19.1 Å². The zero-order valence-electron chi connectivity index (χ0n) is 8.34. The third kappa shape index (κ3) is 2.07. The van der Waals surface area contributed by atoms with Crippen molar-refractivity contribution in [2.75, 3.05) is 0 Å². The van der Waals surface area contributed by atoms with E-state index in [9.17, 15) is 4.79 Å². The first-order valence-electron chi connectivity index (χ1n) is 4.63. The summed E-state index contributed by atoms with van der Waals surface area (Å²) in [6.07, 6.45) is 5.81. The van der Waals surface area contributed by atoms with Gasteiger partial charge in [-0.1, -0.05) is 6.07 Å². The molecule has 15 heavy (non-hydrogen) atoms. The van der Waals surface area contributed by atoms with Crippen LogP contribution in [0.15, 0.2) is 36.8 Å². The Kier molecular flexibility index (Phi) is 2.54. The van der Waals surface area contributed by atoms with E-state index in [-0.39, 0.29) is 0 Å². The summed E-state index contributed by atoms with van der Waals surface area (Å²) in [7, 11) is 0. The van der Waals surface area contributed by atoms with E-state index in [0.29, 0.717) is 5.56 Å². The van der Waals surface area contributed by atoms with Crippen molar-refractivity contribution in [3.8, 4) is 11.3 Å². The smallest absolute Gasteiger partial charge is 0.151 e. The van der Waals surface area contributed by atoms with Crippen LogP contribution >= 0.6 is 0 Å². The zero-order chi connectivity index (χ0) is 10.7. The summed E-state index contributed by atoms with van der Waals surface area (Å²) >= 11 is 0. The summed E-state index contributed by atoms with van der Waals surface area (Å²) in [5, 5.41) is 0. The van der Waals surface area contributed by atoms with Gasteiger partial charge in [-0.3, -0.25) is 14.8 Å². The Bertz CT molecular complexity index is 477. The zero-order valence-corrected chi connectivity index (χ0v) is 8.34. The van der Waals surface area contributed by atoms with Gasteiger partial charge >= 0.3 is 0 Å². The summed E-state index contributed by atoms with van der Waals surface area (Å²) in [6, 6.07) is 5.68. The van der Waals surface area contributed by atoms with Gasteiger partial charge in [0.2, 0.25) is 0 Å². The Balaban J connectivity index is 2.44. The molecule has 2 heterocycles. The number of aldehydes is 1. The van der Waals surface area contributed by atoms with Gasteiger partial charge in [-0.15, -0.1) is 0 Å². The molecule has 0 saturated carbocycles. The van der Waals surface area contributed by atoms with Crippen LogP contribution in [-0.2, 0) is 0 Å². The molecule has 3 nitrogen and oxygen atoms in total. The van der Waals surface area contributed by atoms with Gasteiger partial charge in [0, 0.05) is 29.7 Å². The van der Waals surface area contributed by atoms with Crippen LogP contribution in [-0.4, -0.2) is 16.3 Å². The molecule has 0 aromatic carbocycles. The predicted octanol–water partition coefficient (Wildman–Crippen LogP) is 2.26. The second kappa shape index (κ2) is 4.00. The lowest BCUT2D eigenvalue weighted by Crippen LogP contribution is -1.88. The molecule has 0 radical (unpaired) electrons. The quantitative estimate of drug-likeness (QED) is 0.695. The Morgan fingerprint density at radius 2 is 2.07 bits per heavy atom. The molecular weight excluding hydrogens is 188 g/mol. The lowest BCUT2D eigenvalue weighted by Gasteiger charge is -2.00. The lowest BCUT2D eigenvalue weighted by molar-refractivity contribution is 0.112. The van der Waals surface area contributed by atoms with Gasteiger partial charge in [0.15, 0.2) is 6.29 Å². The van der Waals surface area contributed by atoms with Crippen molar-refractivity contribution in [2.24, 2.45) is 0 Å². The SMILES string of the molecule is Cc1ccc(-c2cncc(C=O)c2)nc1. The Hall–Kier alpha value is -2.03. The fraction of sp³-hybridized carbons (Fsp3) is 0.0833. The van der Waals surface area contributed by atoms with Gasteiger partial charge in [0.25, 0.3) is 0 Å². The lowest BCUT2D eigenvalue weighted by atomic mass is 10.1. The highest BCUT2D eigenvalue weighted by atomic mass is 16.1. The number of hydrogen-bond acceptors (Lipinski definition) is 3. The van der Waals surface area contributed by atoms with Crippen LogP contribution in [0.4, 0.5) is 0 Å². The molecule has 0 N–H and O–H groups in total. The van der Waals surface area contributed by atoms with E-state index in [4.69, 9.17) is 0 Å². The predicted molar refractivity (Wildman–Crippen MR) is 57.6 cm³/mol. The minimum atomic E-state index is 0.565. The fourth-order valence-electron chi connectivity index (χ4n) is 1.30. The van der Waals surface area contributed by atoms with Crippen molar-refractivity contribution in [2.45, 2.75) is 6.92 Å². The monoisotopic (exact) mass is 198 g/mol. The number of nitrogens with zero attached hydrogens (tertiary/aromatic N) is 2. The molecule has 2 aromatic rings. The molecule has 0 fully saturated rings. The topological polar surface area (TPSA) is 42.9 Å². The standard InChI is InChI=1S/C12H10N2O/c1-9-2-3-12(14-5-9)11-4-10(8-15)6-13-7-11/h2-8H,1H3. The first kappa shape index (κ1) is 9.52. The summed E-state index contributed by atoms with van der Waals surface area (Å²) in [5.41, 5.74) is 3.37. The number of rotatable bonds is 2. The average Bonchev–Trinajstić information content (AvgIpc) is 2.30. The van der Waals surface area contributed by atoms with Gasteiger partial charge in [0.1, 0.15) is 0 Å². The molecular formula is C12H10N2O. The second-order valence-electron chi connectivity index (χ2n) is 3.35. The maximum atomic E-state index is 10.6. The van der Waals surface area contributed by atoms with Crippen LogP contribution < -0.4 is 0 Å². The van der Waals surface area contributed by atoms with Gasteiger partial charge < -0.3 is 0 Å². The average molecular weight is 198 g/mol. The molecule has 0 aliphatic carbocycles. The van der Waals surface area contributed by atoms with Gasteiger partial charge in [0.05, 0.1) is 5.69 Å². The maximum Gasteiger partial charge on any atom is 0.151 e. The van der Waals surface area contributed by atoms with E-state index in [2.05, 4.69) is 9.97 Å². The van der Waals surface area contributed by atoms with Crippen LogP contribution in [0.5, 0.6) is 0 Å². The highest BCUT2D eigenvalue weighted by Crippen LogP contribution is 2.16. The minimum absolute atomic E-state index is 0.565. The molecule has 0 bridgehead atoms. The Morgan fingerprint density at radius 1 is 1.20 bits per heavy atom. The van der Waals surface area contributed by atoms with Crippen LogP contribution in [0.25, 0.3) is 11.3 Å². The molecule has 2 rings (SSSR count). The van der Waals surface area contributed by atoms with Crippen molar-refractivity contribution in [3.05, 3.63) is 47.9 Å². The molecule has 0 atom stereocenters. The van der Waals surface area contributed by atoms with Gasteiger partial charge in [-0.05, 0) is 24.6 Å². The molecule has 3 heteroatoms. The van der Waals surface area contributed by atoms with Crippen LogP contribution in [0, 0.1) is 6.92 Å². The van der Waals surface area contributed by atoms with Crippen molar-refractivity contribution in [3.63, 3.8) is 0 Å². The molecule has 0 spiro atoms. The molecule has 74 valence electrons. The first-order chi connectivity index (χ1) is 7.29. The molecule has 0 saturated heterocycles. The largest absolute Gasteiger partial charge is 0.298 e. The van der Waals surface area contributed by atoms with Crippen molar-refractivity contribution < 1.29 is 4.79 Å². The van der Waals surface area contributed by atoms with E-state index in [1.165, 1.54) is 6.20 Å². The summed E-state index contributed by atoms with van der Waals surface area (Å²) in [5.74, 6) is 0. The van der Waals surface area contributed by atoms with Crippen molar-refractivity contribution in [1.29, 1.82) is 0 Å². The van der Waals surface area contributed by atoms with E-state index >= 15 is 0 Å². The molecule has 2 aromatic heterocycles.